The van der Waals surface area contributed by atoms with Crippen LogP contribution in [0.25, 0.3) is 0 Å². The topological polar surface area (TPSA) is 84.2 Å². The van der Waals surface area contributed by atoms with Crippen LogP contribution in [0.2, 0.25) is 0 Å². The normalized spacial score (nSPS) is 10.2. The second-order valence-corrected chi connectivity index (χ2v) is 4.35. The van der Waals surface area contributed by atoms with Gasteiger partial charge in [0.25, 0.3) is 5.91 Å². The minimum absolute atomic E-state index is 0.185. The van der Waals surface area contributed by atoms with Crippen LogP contribution in [0.3, 0.4) is 0 Å². The fraction of sp³-hybridized carbons (Fsp3) is 0.100. The lowest BCUT2D eigenvalue weighted by molar-refractivity contribution is 0.0702. The molecule has 6 nitrogen and oxygen atoms in total. The molecule has 0 bridgehead atoms. The van der Waals surface area contributed by atoms with Crippen LogP contribution in [0, 0.1) is 0 Å². The van der Waals surface area contributed by atoms with Crippen LogP contribution in [0.5, 0.6) is 0 Å². The zero-order valence-electron chi connectivity index (χ0n) is 8.88. The maximum Gasteiger partial charge on any atom is 0.345 e. The monoisotopic (exact) mass is 251 g/mol. The van der Waals surface area contributed by atoms with E-state index < -0.39 is 5.97 Å². The van der Waals surface area contributed by atoms with E-state index in [4.69, 9.17) is 5.11 Å². The predicted octanol–water partition coefficient (Wildman–Crippen LogP) is 1.43. The van der Waals surface area contributed by atoms with Gasteiger partial charge >= 0.3 is 5.97 Å². The maximum absolute atomic E-state index is 11.8. The van der Waals surface area contributed by atoms with Gasteiger partial charge in [0.05, 0.1) is 5.00 Å². The number of aromatic nitrogens is 2. The molecule has 2 heterocycles. The van der Waals surface area contributed by atoms with E-state index in [1.54, 1.807) is 19.2 Å². The van der Waals surface area contributed by atoms with Crippen molar-refractivity contribution >= 4 is 28.2 Å². The van der Waals surface area contributed by atoms with Gasteiger partial charge in [-0.15, -0.1) is 11.3 Å². The average molecular weight is 251 g/mol. The van der Waals surface area contributed by atoms with Crippen molar-refractivity contribution in [1.82, 2.24) is 9.78 Å². The molecule has 0 aromatic carbocycles. The number of aryl methyl sites for hydroxylation is 1. The smallest absolute Gasteiger partial charge is 0.345 e. The first-order chi connectivity index (χ1) is 8.08. The number of thiophene rings is 1. The average Bonchev–Trinajstić information content (AvgIpc) is 2.86. The van der Waals surface area contributed by atoms with Crippen LogP contribution in [-0.2, 0) is 7.05 Å². The Hall–Kier alpha value is -2.15. The Morgan fingerprint density at radius 2 is 2.18 bits per heavy atom. The fourth-order valence-electron chi connectivity index (χ4n) is 1.29. The highest BCUT2D eigenvalue weighted by atomic mass is 32.1. The highest BCUT2D eigenvalue weighted by Crippen LogP contribution is 2.22. The van der Waals surface area contributed by atoms with Crippen LogP contribution in [-0.4, -0.2) is 26.8 Å². The van der Waals surface area contributed by atoms with Gasteiger partial charge in [0.2, 0.25) is 0 Å². The summed E-state index contributed by atoms with van der Waals surface area (Å²) in [5.74, 6) is -1.32. The van der Waals surface area contributed by atoms with Gasteiger partial charge in [0, 0.05) is 13.2 Å². The highest BCUT2D eigenvalue weighted by Gasteiger charge is 2.12. The maximum atomic E-state index is 11.8. The first kappa shape index (κ1) is 11.3. The molecule has 0 saturated heterocycles. The fourth-order valence-corrected chi connectivity index (χ4v) is 2.03. The molecule has 0 aliphatic heterocycles. The van der Waals surface area contributed by atoms with Gasteiger partial charge in [-0.3, -0.25) is 9.48 Å². The Labute approximate surface area is 100 Å². The van der Waals surface area contributed by atoms with Crippen LogP contribution in [0.15, 0.2) is 24.4 Å². The van der Waals surface area contributed by atoms with Gasteiger partial charge in [-0.2, -0.15) is 5.10 Å². The number of rotatable bonds is 3. The third-order valence-corrected chi connectivity index (χ3v) is 3.10. The minimum atomic E-state index is -1.00. The summed E-state index contributed by atoms with van der Waals surface area (Å²) in [6.07, 6.45) is 1.52. The first-order valence-electron chi connectivity index (χ1n) is 4.70. The van der Waals surface area contributed by atoms with Crippen molar-refractivity contribution in [2.75, 3.05) is 5.32 Å². The number of nitrogens with zero attached hydrogens (tertiary/aromatic N) is 2. The van der Waals surface area contributed by atoms with Gasteiger partial charge in [-0.05, 0) is 18.2 Å². The summed E-state index contributed by atoms with van der Waals surface area (Å²) in [5.41, 5.74) is 0.412. The molecule has 7 heteroatoms. The summed E-state index contributed by atoms with van der Waals surface area (Å²) in [4.78, 5) is 22.6. The Morgan fingerprint density at radius 1 is 1.41 bits per heavy atom. The Kier molecular flexibility index (Phi) is 2.92. The van der Waals surface area contributed by atoms with Gasteiger partial charge in [0.1, 0.15) is 10.6 Å². The molecule has 2 aromatic heterocycles. The number of carboxylic acids is 1. The van der Waals surface area contributed by atoms with E-state index in [-0.39, 0.29) is 10.8 Å². The number of aromatic carboxylic acids is 1. The molecule has 0 aliphatic rings. The SMILES string of the molecule is Cn1nccc1C(=O)Nc1ccc(C(=O)O)s1. The molecule has 0 atom stereocenters. The van der Waals surface area contributed by atoms with Crippen molar-refractivity contribution in [1.29, 1.82) is 0 Å². The van der Waals surface area contributed by atoms with Crippen molar-refractivity contribution in [3.05, 3.63) is 35.0 Å². The summed E-state index contributed by atoms with van der Waals surface area (Å²) in [6.45, 7) is 0. The van der Waals surface area contributed by atoms with Crippen molar-refractivity contribution in [2.45, 2.75) is 0 Å². The lowest BCUT2D eigenvalue weighted by Gasteiger charge is -2.01. The zero-order chi connectivity index (χ0) is 12.4. The zero-order valence-corrected chi connectivity index (χ0v) is 9.69. The van der Waals surface area contributed by atoms with E-state index in [1.165, 1.54) is 16.9 Å². The molecule has 2 rings (SSSR count). The number of carbonyl (C=O) groups is 2. The molecule has 88 valence electrons. The van der Waals surface area contributed by atoms with Gasteiger partial charge < -0.3 is 10.4 Å². The molecule has 1 amide bonds. The van der Waals surface area contributed by atoms with Gasteiger partial charge in [-0.1, -0.05) is 0 Å². The number of amides is 1. The summed E-state index contributed by atoms with van der Waals surface area (Å²) in [7, 11) is 1.66. The predicted molar refractivity (Wildman–Crippen MR) is 62.4 cm³/mol. The molecule has 0 saturated carbocycles. The lowest BCUT2D eigenvalue weighted by Crippen LogP contribution is -2.15. The molecule has 2 N–H and O–H groups in total. The number of hydrogen-bond acceptors (Lipinski definition) is 4. The number of nitrogens with one attached hydrogen (secondary N) is 1. The molecule has 0 unspecified atom stereocenters. The summed E-state index contributed by atoms with van der Waals surface area (Å²) in [6, 6.07) is 4.59. The number of hydrogen-bond donors (Lipinski definition) is 2. The standard InChI is InChI=1S/C10H9N3O3S/c1-13-6(4-5-11-13)9(14)12-8-3-2-7(17-8)10(15)16/h2-5H,1H3,(H,12,14)(H,15,16). The van der Waals surface area contributed by atoms with E-state index >= 15 is 0 Å². The molecule has 2 aromatic rings. The Balaban J connectivity index is 2.13. The molecular formula is C10H9N3O3S. The van der Waals surface area contributed by atoms with E-state index in [0.717, 1.165) is 11.3 Å². The van der Waals surface area contributed by atoms with Gasteiger partial charge in [-0.25, -0.2) is 4.79 Å². The first-order valence-corrected chi connectivity index (χ1v) is 5.52. The summed E-state index contributed by atoms with van der Waals surface area (Å²) >= 11 is 1.01. The third-order valence-electron chi connectivity index (χ3n) is 2.11. The molecule has 0 radical (unpaired) electrons. The lowest BCUT2D eigenvalue weighted by atomic mass is 10.4. The van der Waals surface area contributed by atoms with Gasteiger partial charge in [0.15, 0.2) is 0 Å². The minimum Gasteiger partial charge on any atom is -0.477 e. The molecule has 17 heavy (non-hydrogen) atoms. The van der Waals surface area contributed by atoms with E-state index in [9.17, 15) is 9.59 Å². The number of carbonyl (C=O) groups excluding carboxylic acids is 1. The Bertz CT molecular complexity index is 573. The van der Waals surface area contributed by atoms with Crippen LogP contribution < -0.4 is 5.32 Å². The van der Waals surface area contributed by atoms with E-state index in [1.807, 2.05) is 0 Å². The second kappa shape index (κ2) is 4.38. The quantitative estimate of drug-likeness (QED) is 0.864. The van der Waals surface area contributed by atoms with Crippen LogP contribution >= 0.6 is 11.3 Å². The van der Waals surface area contributed by atoms with Crippen molar-refractivity contribution in [3.8, 4) is 0 Å². The number of carboxylic acid groups (broad SMARTS) is 1. The summed E-state index contributed by atoms with van der Waals surface area (Å²) < 4.78 is 1.45. The van der Waals surface area contributed by atoms with Crippen LogP contribution in [0.4, 0.5) is 5.00 Å². The second-order valence-electron chi connectivity index (χ2n) is 3.26. The molecule has 0 spiro atoms. The third kappa shape index (κ3) is 2.34. The van der Waals surface area contributed by atoms with Crippen molar-refractivity contribution in [3.63, 3.8) is 0 Å². The summed E-state index contributed by atoms with van der Waals surface area (Å²) in [5, 5.41) is 15.7. The van der Waals surface area contributed by atoms with Crippen LogP contribution in [0.1, 0.15) is 20.2 Å². The largest absolute Gasteiger partial charge is 0.477 e. The molecule has 0 aliphatic carbocycles. The van der Waals surface area contributed by atoms with E-state index in [2.05, 4.69) is 10.4 Å². The molecular weight excluding hydrogens is 242 g/mol. The van der Waals surface area contributed by atoms with Crippen molar-refractivity contribution < 1.29 is 14.7 Å². The number of anilines is 1. The molecule has 0 fully saturated rings. The van der Waals surface area contributed by atoms with E-state index in [0.29, 0.717) is 10.7 Å². The highest BCUT2D eigenvalue weighted by molar-refractivity contribution is 7.18. The van der Waals surface area contributed by atoms with Crippen molar-refractivity contribution in [2.24, 2.45) is 7.05 Å². The Morgan fingerprint density at radius 3 is 2.71 bits per heavy atom.